The minimum atomic E-state index is -3.03. The summed E-state index contributed by atoms with van der Waals surface area (Å²) in [6.45, 7) is 4.28. The highest BCUT2D eigenvalue weighted by atomic mass is 32.2. The minimum Gasteiger partial charge on any atom is -0.466 e. The lowest BCUT2D eigenvalue weighted by atomic mass is 10.2. The van der Waals surface area contributed by atoms with E-state index in [1.165, 1.54) is 5.41 Å². The first-order valence-corrected chi connectivity index (χ1v) is 6.97. The summed E-state index contributed by atoms with van der Waals surface area (Å²) >= 11 is 0. The van der Waals surface area contributed by atoms with Crippen LogP contribution in [-0.2, 0) is 19.4 Å². The molecule has 0 aromatic rings. The quantitative estimate of drug-likeness (QED) is 0.697. The smallest absolute Gasteiger partial charge is 0.309 e. The molecule has 92 valence electrons. The molecule has 1 N–H and O–H groups in total. The maximum absolute atomic E-state index is 11.3. The van der Waals surface area contributed by atoms with Crippen molar-refractivity contribution in [2.45, 2.75) is 19.9 Å². The third-order valence-electron chi connectivity index (χ3n) is 2.31. The normalized spacial score (nSPS) is 24.2. The maximum atomic E-state index is 11.3. The van der Waals surface area contributed by atoms with E-state index in [0.29, 0.717) is 13.2 Å². The van der Waals surface area contributed by atoms with Crippen molar-refractivity contribution in [3.63, 3.8) is 0 Å². The molecule has 0 bridgehead atoms. The number of rotatable bonds is 5. The monoisotopic (exact) mass is 247 g/mol. The third-order valence-corrected chi connectivity index (χ3v) is 3.70. The van der Waals surface area contributed by atoms with Gasteiger partial charge in [-0.2, -0.15) is 0 Å². The third kappa shape index (κ3) is 3.94. The van der Waals surface area contributed by atoms with Crippen molar-refractivity contribution >= 4 is 15.8 Å². The van der Waals surface area contributed by atoms with Crippen molar-refractivity contribution in [1.82, 2.24) is 5.32 Å². The molecule has 1 aliphatic rings. The van der Waals surface area contributed by atoms with Gasteiger partial charge in [0.05, 0.1) is 18.3 Å². The Bertz CT molecular complexity index is 374. The van der Waals surface area contributed by atoms with Gasteiger partial charge in [-0.15, -0.1) is 0 Å². The summed E-state index contributed by atoms with van der Waals surface area (Å²) in [7, 11) is -3.03. The summed E-state index contributed by atoms with van der Waals surface area (Å²) in [5.41, 5.74) is 0. The SMILES string of the molecule is CCOC(=O)C(C)CNC1C=CS(=O)(=O)C1. The van der Waals surface area contributed by atoms with Crippen LogP contribution in [0.5, 0.6) is 0 Å². The van der Waals surface area contributed by atoms with Crippen molar-refractivity contribution < 1.29 is 17.9 Å². The Hall–Kier alpha value is -0.880. The lowest BCUT2D eigenvalue weighted by Crippen LogP contribution is -2.36. The Morgan fingerprint density at radius 1 is 1.62 bits per heavy atom. The summed E-state index contributed by atoms with van der Waals surface area (Å²) in [5, 5.41) is 4.22. The van der Waals surface area contributed by atoms with E-state index >= 15 is 0 Å². The molecular weight excluding hydrogens is 230 g/mol. The van der Waals surface area contributed by atoms with E-state index in [1.54, 1.807) is 19.9 Å². The number of hydrogen-bond acceptors (Lipinski definition) is 5. The second-order valence-corrected chi connectivity index (χ2v) is 5.76. The van der Waals surface area contributed by atoms with Crippen molar-refractivity contribution in [3.05, 3.63) is 11.5 Å². The highest BCUT2D eigenvalue weighted by molar-refractivity contribution is 7.94. The van der Waals surface area contributed by atoms with Gasteiger partial charge >= 0.3 is 5.97 Å². The second-order valence-electron chi connectivity index (χ2n) is 3.83. The standard InChI is InChI=1S/C10H17NO4S/c1-3-15-10(12)8(2)6-11-9-4-5-16(13,14)7-9/h4-5,8-9,11H,3,6-7H2,1-2H3. The highest BCUT2D eigenvalue weighted by Gasteiger charge is 2.22. The van der Waals surface area contributed by atoms with Crippen LogP contribution in [-0.4, -0.2) is 39.3 Å². The molecule has 0 aromatic carbocycles. The number of carbonyl (C=O) groups is 1. The largest absolute Gasteiger partial charge is 0.466 e. The minimum absolute atomic E-state index is 0.0720. The molecule has 0 saturated carbocycles. The molecule has 1 rings (SSSR count). The van der Waals surface area contributed by atoms with Crippen LogP contribution in [0.25, 0.3) is 0 Å². The van der Waals surface area contributed by atoms with Gasteiger partial charge in [0.1, 0.15) is 0 Å². The lowest BCUT2D eigenvalue weighted by Gasteiger charge is -2.14. The van der Waals surface area contributed by atoms with Gasteiger partial charge in [-0.1, -0.05) is 13.0 Å². The van der Waals surface area contributed by atoms with E-state index in [0.717, 1.165) is 0 Å². The van der Waals surface area contributed by atoms with E-state index in [2.05, 4.69) is 5.32 Å². The van der Waals surface area contributed by atoms with Crippen LogP contribution in [0, 0.1) is 5.92 Å². The number of esters is 1. The first kappa shape index (κ1) is 13.2. The molecule has 6 heteroatoms. The number of ether oxygens (including phenoxy) is 1. The number of sulfone groups is 1. The zero-order valence-electron chi connectivity index (χ0n) is 9.47. The van der Waals surface area contributed by atoms with E-state index < -0.39 is 9.84 Å². The van der Waals surface area contributed by atoms with Crippen LogP contribution in [0.4, 0.5) is 0 Å². The molecule has 0 amide bonds. The van der Waals surface area contributed by atoms with Crippen LogP contribution in [0.1, 0.15) is 13.8 Å². The van der Waals surface area contributed by atoms with E-state index in [1.807, 2.05) is 0 Å². The van der Waals surface area contributed by atoms with Crippen molar-refractivity contribution in [3.8, 4) is 0 Å². The first-order chi connectivity index (χ1) is 7.44. The summed E-state index contributed by atoms with van der Waals surface area (Å²) < 4.78 is 27.1. The summed E-state index contributed by atoms with van der Waals surface area (Å²) in [5.74, 6) is -0.459. The molecule has 1 heterocycles. The predicted molar refractivity (Wildman–Crippen MR) is 60.5 cm³/mol. The van der Waals surface area contributed by atoms with Gasteiger partial charge < -0.3 is 10.1 Å². The molecule has 2 atom stereocenters. The predicted octanol–water partition coefficient (Wildman–Crippen LogP) is 0.0859. The van der Waals surface area contributed by atoms with Gasteiger partial charge in [0.25, 0.3) is 0 Å². The molecule has 0 radical (unpaired) electrons. The van der Waals surface area contributed by atoms with Gasteiger partial charge in [-0.05, 0) is 6.92 Å². The average molecular weight is 247 g/mol. The zero-order chi connectivity index (χ0) is 12.2. The molecule has 0 saturated heterocycles. The zero-order valence-corrected chi connectivity index (χ0v) is 10.3. The number of carbonyl (C=O) groups excluding carboxylic acids is 1. The van der Waals surface area contributed by atoms with Crippen LogP contribution < -0.4 is 5.32 Å². The molecule has 0 fully saturated rings. The Morgan fingerprint density at radius 2 is 2.31 bits per heavy atom. The van der Waals surface area contributed by atoms with Crippen LogP contribution in [0.3, 0.4) is 0 Å². The second kappa shape index (κ2) is 5.45. The Morgan fingerprint density at radius 3 is 2.81 bits per heavy atom. The van der Waals surface area contributed by atoms with Crippen LogP contribution >= 0.6 is 0 Å². The number of nitrogens with one attached hydrogen (secondary N) is 1. The fourth-order valence-corrected chi connectivity index (χ4v) is 2.67. The van der Waals surface area contributed by atoms with Gasteiger partial charge in [-0.25, -0.2) is 8.42 Å². The average Bonchev–Trinajstić information content (AvgIpc) is 2.55. The van der Waals surface area contributed by atoms with Gasteiger partial charge in [0.15, 0.2) is 9.84 Å². The maximum Gasteiger partial charge on any atom is 0.309 e. The van der Waals surface area contributed by atoms with Gasteiger partial charge in [0, 0.05) is 18.0 Å². The van der Waals surface area contributed by atoms with E-state index in [4.69, 9.17) is 4.74 Å². The number of hydrogen-bond donors (Lipinski definition) is 1. The van der Waals surface area contributed by atoms with Gasteiger partial charge in [-0.3, -0.25) is 4.79 Å². The molecule has 0 aromatic heterocycles. The topological polar surface area (TPSA) is 72.5 Å². The molecule has 0 spiro atoms. The highest BCUT2D eigenvalue weighted by Crippen LogP contribution is 2.08. The fourth-order valence-electron chi connectivity index (χ4n) is 1.40. The Kier molecular flexibility index (Phi) is 4.49. The Balaban J connectivity index is 2.31. The van der Waals surface area contributed by atoms with E-state index in [9.17, 15) is 13.2 Å². The fraction of sp³-hybridized carbons (Fsp3) is 0.700. The molecule has 2 unspecified atom stereocenters. The van der Waals surface area contributed by atoms with Crippen molar-refractivity contribution in [2.24, 2.45) is 5.92 Å². The molecular formula is C10H17NO4S. The van der Waals surface area contributed by atoms with Crippen molar-refractivity contribution in [1.29, 1.82) is 0 Å². The first-order valence-electron chi connectivity index (χ1n) is 5.25. The van der Waals surface area contributed by atoms with Crippen molar-refractivity contribution in [2.75, 3.05) is 18.9 Å². The lowest BCUT2D eigenvalue weighted by molar-refractivity contribution is -0.147. The van der Waals surface area contributed by atoms with Crippen LogP contribution in [0.15, 0.2) is 11.5 Å². The Labute approximate surface area is 95.8 Å². The molecule has 0 aliphatic carbocycles. The van der Waals surface area contributed by atoms with Crippen LogP contribution in [0.2, 0.25) is 0 Å². The summed E-state index contributed by atoms with van der Waals surface area (Å²) in [4.78, 5) is 11.3. The summed E-state index contributed by atoms with van der Waals surface area (Å²) in [6.07, 6.45) is 1.60. The van der Waals surface area contributed by atoms with E-state index in [-0.39, 0.29) is 23.7 Å². The summed E-state index contributed by atoms with van der Waals surface area (Å²) in [6, 6.07) is -0.193. The molecule has 1 aliphatic heterocycles. The van der Waals surface area contributed by atoms with Gasteiger partial charge in [0.2, 0.25) is 0 Å². The molecule has 5 nitrogen and oxygen atoms in total. The molecule has 16 heavy (non-hydrogen) atoms.